The molecule has 0 saturated heterocycles. The van der Waals surface area contributed by atoms with Crippen LogP contribution in [0.2, 0.25) is 10.0 Å². The van der Waals surface area contributed by atoms with Crippen molar-refractivity contribution < 1.29 is 9.59 Å². The van der Waals surface area contributed by atoms with E-state index in [0.29, 0.717) is 21.3 Å². The highest BCUT2D eigenvalue weighted by molar-refractivity contribution is 6.36. The van der Waals surface area contributed by atoms with Gasteiger partial charge in [0.15, 0.2) is 0 Å². The second-order valence-corrected chi connectivity index (χ2v) is 6.99. The normalized spacial score (nSPS) is 14.0. The van der Waals surface area contributed by atoms with E-state index in [2.05, 4.69) is 5.32 Å². The third kappa shape index (κ3) is 2.62. The Morgan fingerprint density at radius 2 is 1.81 bits per heavy atom. The fourth-order valence-corrected chi connectivity index (χ4v) is 3.61. The molecule has 130 valence electrons. The summed E-state index contributed by atoms with van der Waals surface area (Å²) in [5.74, 6) is -0.524. The highest BCUT2D eigenvalue weighted by Gasteiger charge is 2.35. The van der Waals surface area contributed by atoms with Gasteiger partial charge in [-0.3, -0.25) is 14.5 Å². The van der Waals surface area contributed by atoms with Crippen molar-refractivity contribution in [2.24, 2.45) is 0 Å². The minimum atomic E-state index is -0.712. The first kappa shape index (κ1) is 16.9. The summed E-state index contributed by atoms with van der Waals surface area (Å²) in [5.41, 5.74) is 1.76. The Bertz CT molecular complexity index is 1060. The summed E-state index contributed by atoms with van der Waals surface area (Å²) < 4.78 is 0. The highest BCUT2D eigenvalue weighted by Crippen LogP contribution is 2.38. The largest absolute Gasteiger partial charge is 0.323 e. The van der Waals surface area contributed by atoms with Crippen molar-refractivity contribution in [3.8, 4) is 0 Å². The molecule has 2 amide bonds. The third-order valence-corrected chi connectivity index (χ3v) is 5.11. The molecule has 4 nitrogen and oxygen atoms in total. The van der Waals surface area contributed by atoms with Gasteiger partial charge in [0.25, 0.3) is 5.91 Å². The predicted molar refractivity (Wildman–Crippen MR) is 105 cm³/mol. The molecule has 1 unspecified atom stereocenters. The van der Waals surface area contributed by atoms with Gasteiger partial charge in [0.1, 0.15) is 6.04 Å². The zero-order chi connectivity index (χ0) is 18.4. The fraction of sp³-hybridized carbons (Fsp3) is 0.100. The van der Waals surface area contributed by atoms with Crippen LogP contribution < -0.4 is 10.2 Å². The van der Waals surface area contributed by atoms with E-state index in [1.807, 2.05) is 30.3 Å². The number of benzene rings is 3. The number of rotatable bonds is 3. The third-order valence-electron chi connectivity index (χ3n) is 4.54. The second kappa shape index (κ2) is 6.31. The monoisotopic (exact) mass is 384 g/mol. The Hall–Kier alpha value is -2.56. The molecule has 26 heavy (non-hydrogen) atoms. The van der Waals surface area contributed by atoms with Gasteiger partial charge < -0.3 is 5.32 Å². The Balaban J connectivity index is 1.68. The van der Waals surface area contributed by atoms with Crippen LogP contribution in [-0.4, -0.2) is 17.9 Å². The maximum absolute atomic E-state index is 12.9. The quantitative estimate of drug-likeness (QED) is 0.679. The maximum Gasteiger partial charge on any atom is 0.259 e. The number of carbonyl (C=O) groups is 2. The Kier molecular flexibility index (Phi) is 4.10. The van der Waals surface area contributed by atoms with E-state index in [-0.39, 0.29) is 11.8 Å². The Labute approximate surface area is 160 Å². The lowest BCUT2D eigenvalue weighted by atomic mass is 10.1. The number of anilines is 2. The molecular formula is C20H14Cl2N2O2. The molecule has 1 atom stereocenters. The van der Waals surface area contributed by atoms with E-state index < -0.39 is 6.04 Å². The second-order valence-electron chi connectivity index (χ2n) is 6.15. The van der Waals surface area contributed by atoms with Gasteiger partial charge in [-0.2, -0.15) is 0 Å². The standard InChI is InChI=1S/C20H14Cl2N2O2/c1-11(19(25)23-16-10-13(21)8-9-15(16)22)24-17-7-3-5-12-4-2-6-14(18(12)17)20(24)26/h2-11H,1H3,(H,23,25). The van der Waals surface area contributed by atoms with Crippen molar-refractivity contribution in [3.05, 3.63) is 70.2 Å². The Morgan fingerprint density at radius 3 is 2.58 bits per heavy atom. The molecule has 1 aliphatic heterocycles. The summed E-state index contributed by atoms with van der Waals surface area (Å²) in [6, 6.07) is 15.4. The van der Waals surface area contributed by atoms with Crippen molar-refractivity contribution in [1.29, 1.82) is 0 Å². The molecule has 1 N–H and O–H groups in total. The summed E-state index contributed by atoms with van der Waals surface area (Å²) >= 11 is 12.1. The van der Waals surface area contributed by atoms with Crippen LogP contribution in [0.15, 0.2) is 54.6 Å². The van der Waals surface area contributed by atoms with Crippen LogP contribution >= 0.6 is 23.2 Å². The highest BCUT2D eigenvalue weighted by atomic mass is 35.5. The minimum absolute atomic E-state index is 0.184. The molecular weight excluding hydrogens is 371 g/mol. The van der Waals surface area contributed by atoms with Crippen LogP contribution in [0.3, 0.4) is 0 Å². The van der Waals surface area contributed by atoms with E-state index in [1.54, 1.807) is 31.2 Å². The molecule has 1 heterocycles. The smallest absolute Gasteiger partial charge is 0.259 e. The first-order valence-electron chi connectivity index (χ1n) is 8.08. The molecule has 3 aromatic rings. The lowest BCUT2D eigenvalue weighted by Crippen LogP contribution is -2.44. The first-order chi connectivity index (χ1) is 12.5. The van der Waals surface area contributed by atoms with Crippen LogP contribution in [0.25, 0.3) is 10.8 Å². The van der Waals surface area contributed by atoms with Gasteiger partial charge in [-0.25, -0.2) is 0 Å². The van der Waals surface area contributed by atoms with Crippen molar-refractivity contribution in [3.63, 3.8) is 0 Å². The molecule has 0 spiro atoms. The fourth-order valence-electron chi connectivity index (χ4n) is 3.27. The van der Waals surface area contributed by atoms with Crippen LogP contribution in [0.4, 0.5) is 11.4 Å². The predicted octanol–water partition coefficient (Wildman–Crippen LogP) is 5.13. The van der Waals surface area contributed by atoms with Gasteiger partial charge in [0.2, 0.25) is 5.91 Å². The molecule has 4 rings (SSSR count). The summed E-state index contributed by atoms with van der Waals surface area (Å²) in [6.45, 7) is 1.69. The lowest BCUT2D eigenvalue weighted by Gasteiger charge is -2.25. The van der Waals surface area contributed by atoms with Crippen molar-refractivity contribution in [2.75, 3.05) is 10.2 Å². The van der Waals surface area contributed by atoms with Crippen LogP contribution in [-0.2, 0) is 4.79 Å². The molecule has 0 saturated carbocycles. The number of nitrogens with one attached hydrogen (secondary N) is 1. The molecule has 1 aliphatic rings. The van der Waals surface area contributed by atoms with E-state index >= 15 is 0 Å². The number of amides is 2. The molecule has 6 heteroatoms. The first-order valence-corrected chi connectivity index (χ1v) is 8.84. The summed E-state index contributed by atoms with van der Waals surface area (Å²) in [6.07, 6.45) is 0. The summed E-state index contributed by atoms with van der Waals surface area (Å²) in [5, 5.41) is 5.45. The molecule has 0 aromatic heterocycles. The molecule has 3 aromatic carbocycles. The van der Waals surface area contributed by atoms with Gasteiger partial charge in [-0.05, 0) is 42.6 Å². The van der Waals surface area contributed by atoms with Crippen molar-refractivity contribution in [2.45, 2.75) is 13.0 Å². The van der Waals surface area contributed by atoms with Gasteiger partial charge in [-0.15, -0.1) is 0 Å². The van der Waals surface area contributed by atoms with Gasteiger partial charge in [0, 0.05) is 16.0 Å². The number of halogens is 2. The SMILES string of the molecule is CC(C(=O)Nc1cc(Cl)ccc1Cl)N1C(=O)c2cccc3cccc1c23. The zero-order valence-corrected chi connectivity index (χ0v) is 15.3. The van der Waals surface area contributed by atoms with Crippen LogP contribution in [0, 0.1) is 0 Å². The number of hydrogen-bond donors (Lipinski definition) is 1. The van der Waals surface area contributed by atoms with Gasteiger partial charge in [0.05, 0.1) is 16.4 Å². The van der Waals surface area contributed by atoms with Crippen molar-refractivity contribution in [1.82, 2.24) is 0 Å². The number of carbonyl (C=O) groups excluding carboxylic acids is 2. The molecule has 0 fully saturated rings. The maximum atomic E-state index is 12.9. The number of nitrogens with zero attached hydrogens (tertiary/aromatic N) is 1. The Morgan fingerprint density at radius 1 is 1.08 bits per heavy atom. The van der Waals surface area contributed by atoms with E-state index in [1.165, 1.54) is 4.90 Å². The summed E-state index contributed by atoms with van der Waals surface area (Å²) in [4.78, 5) is 27.2. The van der Waals surface area contributed by atoms with E-state index in [9.17, 15) is 9.59 Å². The average molecular weight is 385 g/mol. The molecule has 0 bridgehead atoms. The minimum Gasteiger partial charge on any atom is -0.323 e. The van der Waals surface area contributed by atoms with Crippen molar-refractivity contribution >= 4 is 57.2 Å². The average Bonchev–Trinajstić information content (AvgIpc) is 2.92. The van der Waals surface area contributed by atoms with E-state index in [4.69, 9.17) is 23.2 Å². The zero-order valence-electron chi connectivity index (χ0n) is 13.8. The topological polar surface area (TPSA) is 49.4 Å². The summed E-state index contributed by atoms with van der Waals surface area (Å²) in [7, 11) is 0. The van der Waals surface area contributed by atoms with Gasteiger partial charge in [-0.1, -0.05) is 47.5 Å². The molecule has 0 aliphatic carbocycles. The van der Waals surface area contributed by atoms with E-state index in [0.717, 1.165) is 16.5 Å². The molecule has 0 radical (unpaired) electrons. The number of hydrogen-bond acceptors (Lipinski definition) is 2. The van der Waals surface area contributed by atoms with Crippen LogP contribution in [0.5, 0.6) is 0 Å². The van der Waals surface area contributed by atoms with Gasteiger partial charge >= 0.3 is 0 Å². The lowest BCUT2D eigenvalue weighted by molar-refractivity contribution is -0.117. The van der Waals surface area contributed by atoms with Crippen LogP contribution in [0.1, 0.15) is 17.3 Å².